The van der Waals surface area contributed by atoms with Gasteiger partial charge in [-0.2, -0.15) is 0 Å². The van der Waals surface area contributed by atoms with Crippen molar-refractivity contribution in [3.8, 4) is 0 Å². The van der Waals surface area contributed by atoms with E-state index in [1.54, 1.807) is 0 Å². The van der Waals surface area contributed by atoms with Crippen LogP contribution in [0.3, 0.4) is 0 Å². The van der Waals surface area contributed by atoms with Crippen LogP contribution in [0.25, 0.3) is 0 Å². The average Bonchev–Trinajstić information content (AvgIpc) is 1.86. The summed E-state index contributed by atoms with van der Waals surface area (Å²) in [6, 6.07) is 0. The first-order valence-electron chi connectivity index (χ1n) is 2.67. The van der Waals surface area contributed by atoms with E-state index in [0.29, 0.717) is 0 Å². The topological polar surface area (TPSA) is 98.0 Å². The maximum absolute atomic E-state index is 10.1. The standard InChI is InChI=1S/C5H10O5/c1-5(10,4(8)9)3(7)2-6/h3,6-7,10H,2H2,1H3,(H,8,9)/t3-,5-/m0/s1. The van der Waals surface area contributed by atoms with E-state index in [-0.39, 0.29) is 0 Å². The molecule has 0 unspecified atom stereocenters. The molecular formula is C5H10O5. The van der Waals surface area contributed by atoms with Gasteiger partial charge in [-0.05, 0) is 6.92 Å². The van der Waals surface area contributed by atoms with Crippen molar-refractivity contribution in [1.29, 1.82) is 0 Å². The van der Waals surface area contributed by atoms with Crippen LogP contribution in [-0.4, -0.2) is 44.7 Å². The molecule has 5 nitrogen and oxygen atoms in total. The molecule has 0 heterocycles. The average molecular weight is 150 g/mol. The lowest BCUT2D eigenvalue weighted by molar-refractivity contribution is -0.171. The Morgan fingerprint density at radius 1 is 1.70 bits per heavy atom. The first kappa shape index (κ1) is 9.35. The summed E-state index contributed by atoms with van der Waals surface area (Å²) in [5.74, 6) is -1.56. The third-order valence-electron chi connectivity index (χ3n) is 1.25. The van der Waals surface area contributed by atoms with E-state index in [1.165, 1.54) is 0 Å². The van der Waals surface area contributed by atoms with Crippen LogP contribution in [0.1, 0.15) is 6.92 Å². The molecule has 5 heteroatoms. The number of aliphatic hydroxyl groups is 3. The number of hydrogen-bond donors (Lipinski definition) is 4. The molecule has 0 radical (unpaired) electrons. The van der Waals surface area contributed by atoms with E-state index in [0.717, 1.165) is 6.92 Å². The SMILES string of the molecule is C[C@@](O)(C(=O)O)[C@@H](O)CO. The van der Waals surface area contributed by atoms with Crippen LogP contribution in [0, 0.1) is 0 Å². The Morgan fingerprint density at radius 3 is 2.20 bits per heavy atom. The van der Waals surface area contributed by atoms with E-state index in [9.17, 15) is 4.79 Å². The molecule has 0 fully saturated rings. The quantitative estimate of drug-likeness (QED) is 0.379. The lowest BCUT2D eigenvalue weighted by Crippen LogP contribution is -2.48. The van der Waals surface area contributed by atoms with Crippen molar-refractivity contribution in [3.05, 3.63) is 0 Å². The van der Waals surface area contributed by atoms with Crippen LogP contribution in [0.5, 0.6) is 0 Å². The highest BCUT2D eigenvalue weighted by Crippen LogP contribution is 2.08. The second kappa shape index (κ2) is 2.96. The number of hydrogen-bond acceptors (Lipinski definition) is 4. The predicted molar refractivity (Wildman–Crippen MR) is 31.4 cm³/mol. The number of carbonyl (C=O) groups is 1. The van der Waals surface area contributed by atoms with E-state index < -0.39 is 24.3 Å². The number of carboxylic acids is 1. The molecule has 0 aliphatic rings. The highest BCUT2D eigenvalue weighted by Gasteiger charge is 2.37. The predicted octanol–water partition coefficient (Wildman–Crippen LogP) is -1.82. The molecule has 2 atom stereocenters. The van der Waals surface area contributed by atoms with Gasteiger partial charge in [-0.1, -0.05) is 0 Å². The van der Waals surface area contributed by atoms with Gasteiger partial charge in [0.25, 0.3) is 0 Å². The molecule has 0 rings (SSSR count). The van der Waals surface area contributed by atoms with Gasteiger partial charge in [0.1, 0.15) is 6.10 Å². The minimum absolute atomic E-state index is 0.778. The van der Waals surface area contributed by atoms with Gasteiger partial charge in [-0.25, -0.2) is 4.79 Å². The fraction of sp³-hybridized carbons (Fsp3) is 0.800. The van der Waals surface area contributed by atoms with E-state index in [4.69, 9.17) is 20.4 Å². The molecule has 0 aliphatic carbocycles. The van der Waals surface area contributed by atoms with Crippen LogP contribution in [-0.2, 0) is 4.79 Å². The van der Waals surface area contributed by atoms with Crippen molar-refractivity contribution >= 4 is 5.97 Å². The van der Waals surface area contributed by atoms with Crippen molar-refractivity contribution in [3.63, 3.8) is 0 Å². The van der Waals surface area contributed by atoms with Crippen LogP contribution in [0.15, 0.2) is 0 Å². The van der Waals surface area contributed by atoms with Gasteiger partial charge in [0.15, 0.2) is 5.60 Å². The molecule has 0 aromatic heterocycles. The van der Waals surface area contributed by atoms with Crippen molar-refractivity contribution in [2.24, 2.45) is 0 Å². The lowest BCUT2D eigenvalue weighted by Gasteiger charge is -2.22. The van der Waals surface area contributed by atoms with Crippen LogP contribution >= 0.6 is 0 Å². The van der Waals surface area contributed by atoms with Gasteiger partial charge in [-0.15, -0.1) is 0 Å². The first-order valence-corrected chi connectivity index (χ1v) is 2.67. The summed E-state index contributed by atoms with van der Waals surface area (Å²) in [7, 11) is 0. The van der Waals surface area contributed by atoms with Crippen molar-refractivity contribution < 1.29 is 25.2 Å². The summed E-state index contributed by atoms with van der Waals surface area (Å²) in [5, 5.41) is 34.0. The lowest BCUT2D eigenvalue weighted by atomic mass is 10.0. The normalized spacial score (nSPS) is 19.6. The zero-order valence-electron chi connectivity index (χ0n) is 5.48. The van der Waals surface area contributed by atoms with Gasteiger partial charge in [0.05, 0.1) is 6.61 Å². The Bertz CT molecular complexity index is 130. The third-order valence-corrected chi connectivity index (χ3v) is 1.25. The Labute approximate surface area is 57.5 Å². The minimum atomic E-state index is -2.27. The molecule has 0 spiro atoms. The van der Waals surface area contributed by atoms with Crippen molar-refractivity contribution in [2.75, 3.05) is 6.61 Å². The Morgan fingerprint density at radius 2 is 2.10 bits per heavy atom. The maximum Gasteiger partial charge on any atom is 0.338 e. The number of aliphatic hydroxyl groups excluding tert-OH is 2. The smallest absolute Gasteiger partial charge is 0.338 e. The number of carboxylic acid groups (broad SMARTS) is 1. The van der Waals surface area contributed by atoms with Gasteiger partial charge in [0, 0.05) is 0 Å². The fourth-order valence-electron chi connectivity index (χ4n) is 0.320. The van der Waals surface area contributed by atoms with Crippen LogP contribution in [0.4, 0.5) is 0 Å². The molecule has 0 saturated heterocycles. The summed E-state index contributed by atoms with van der Waals surface area (Å²) < 4.78 is 0. The number of rotatable bonds is 3. The van der Waals surface area contributed by atoms with Crippen molar-refractivity contribution in [2.45, 2.75) is 18.6 Å². The molecule has 0 aromatic rings. The first-order chi connectivity index (χ1) is 4.42. The fourth-order valence-corrected chi connectivity index (χ4v) is 0.320. The van der Waals surface area contributed by atoms with E-state index >= 15 is 0 Å². The largest absolute Gasteiger partial charge is 0.479 e. The summed E-state index contributed by atoms with van der Waals surface area (Å²) in [6.45, 7) is 0.134. The molecule has 60 valence electrons. The molecule has 0 bridgehead atoms. The van der Waals surface area contributed by atoms with Gasteiger partial charge in [0.2, 0.25) is 0 Å². The Hall–Kier alpha value is -0.650. The van der Waals surface area contributed by atoms with E-state index in [2.05, 4.69) is 0 Å². The Balaban J connectivity index is 4.23. The second-order valence-electron chi connectivity index (χ2n) is 2.15. The highest BCUT2D eigenvalue weighted by atomic mass is 16.4. The summed E-state index contributed by atoms with van der Waals surface area (Å²) >= 11 is 0. The molecule has 4 N–H and O–H groups in total. The molecule has 10 heavy (non-hydrogen) atoms. The summed E-state index contributed by atoms with van der Waals surface area (Å²) in [4.78, 5) is 10.1. The molecular weight excluding hydrogens is 140 g/mol. The molecule has 0 aromatic carbocycles. The van der Waals surface area contributed by atoms with Gasteiger partial charge >= 0.3 is 5.97 Å². The zero-order chi connectivity index (χ0) is 8.36. The molecule has 0 amide bonds. The van der Waals surface area contributed by atoms with Crippen LogP contribution in [0.2, 0.25) is 0 Å². The third kappa shape index (κ3) is 1.66. The minimum Gasteiger partial charge on any atom is -0.479 e. The van der Waals surface area contributed by atoms with Crippen LogP contribution < -0.4 is 0 Å². The highest BCUT2D eigenvalue weighted by molar-refractivity contribution is 5.77. The van der Waals surface area contributed by atoms with Gasteiger partial charge < -0.3 is 20.4 Å². The molecule has 0 saturated carbocycles. The second-order valence-corrected chi connectivity index (χ2v) is 2.15. The summed E-state index contributed by atoms with van der Waals surface area (Å²) in [5.41, 5.74) is -2.27. The molecule has 0 aliphatic heterocycles. The van der Waals surface area contributed by atoms with Gasteiger partial charge in [-0.3, -0.25) is 0 Å². The van der Waals surface area contributed by atoms with E-state index in [1.807, 2.05) is 0 Å². The maximum atomic E-state index is 10.1. The number of aliphatic carboxylic acids is 1. The van der Waals surface area contributed by atoms with Crippen molar-refractivity contribution in [1.82, 2.24) is 0 Å². The summed E-state index contributed by atoms with van der Waals surface area (Å²) in [6.07, 6.45) is -1.65. The Kier molecular flexibility index (Phi) is 2.77. The monoisotopic (exact) mass is 150 g/mol. The zero-order valence-corrected chi connectivity index (χ0v) is 5.48.